The fourth-order valence-corrected chi connectivity index (χ4v) is 3.35. The highest BCUT2D eigenvalue weighted by Crippen LogP contribution is 2.22. The normalized spacial score (nSPS) is 14.5. The second-order valence-electron chi connectivity index (χ2n) is 5.23. The number of rotatable bonds is 8. The van der Waals surface area contributed by atoms with Crippen LogP contribution in [0.2, 0.25) is 0 Å². The maximum absolute atomic E-state index is 12.1. The molecule has 0 bridgehead atoms. The first kappa shape index (κ1) is 16.6. The number of carbonyl (C=O) groups is 2. The van der Waals surface area contributed by atoms with Crippen molar-refractivity contribution in [3.05, 3.63) is 35.4 Å². The Kier molecular flexibility index (Phi) is 5.31. The predicted octanol–water partition coefficient (Wildman–Crippen LogP) is 1.39. The standard InChI is InChI=1S/C15H20N2O4S/c1-2-3-6-9-16-22(20,21)11-10-17-14(18)12-7-4-5-8-13(12)15(17)19/h4-5,7-8,16H,2-3,6,9-11H2,1H3. The molecule has 0 radical (unpaired) electrons. The van der Waals surface area contributed by atoms with Crippen LogP contribution in [-0.2, 0) is 10.0 Å². The number of sulfonamides is 1. The fourth-order valence-electron chi connectivity index (χ4n) is 2.33. The van der Waals surface area contributed by atoms with Crippen molar-refractivity contribution in [1.82, 2.24) is 9.62 Å². The van der Waals surface area contributed by atoms with Gasteiger partial charge in [0.15, 0.2) is 0 Å². The molecule has 0 saturated heterocycles. The van der Waals surface area contributed by atoms with E-state index in [1.54, 1.807) is 24.3 Å². The van der Waals surface area contributed by atoms with Crippen LogP contribution < -0.4 is 4.72 Å². The van der Waals surface area contributed by atoms with Gasteiger partial charge in [-0.1, -0.05) is 31.9 Å². The lowest BCUT2D eigenvalue weighted by Gasteiger charge is -2.14. The lowest BCUT2D eigenvalue weighted by Crippen LogP contribution is -2.37. The zero-order valence-corrected chi connectivity index (χ0v) is 13.4. The van der Waals surface area contributed by atoms with Crippen LogP contribution in [0.25, 0.3) is 0 Å². The lowest BCUT2D eigenvalue weighted by molar-refractivity contribution is 0.0664. The van der Waals surface area contributed by atoms with E-state index in [4.69, 9.17) is 0 Å². The molecule has 0 spiro atoms. The first-order valence-electron chi connectivity index (χ1n) is 7.39. The van der Waals surface area contributed by atoms with Crippen LogP contribution in [-0.4, -0.2) is 44.0 Å². The van der Waals surface area contributed by atoms with E-state index in [0.717, 1.165) is 24.2 Å². The summed E-state index contributed by atoms with van der Waals surface area (Å²) >= 11 is 0. The lowest BCUT2D eigenvalue weighted by atomic mass is 10.1. The number of nitrogens with zero attached hydrogens (tertiary/aromatic N) is 1. The van der Waals surface area contributed by atoms with Gasteiger partial charge in [0.05, 0.1) is 16.9 Å². The van der Waals surface area contributed by atoms with Crippen molar-refractivity contribution in [2.45, 2.75) is 26.2 Å². The van der Waals surface area contributed by atoms with Gasteiger partial charge in [-0.2, -0.15) is 0 Å². The molecule has 7 heteroatoms. The van der Waals surface area contributed by atoms with Crippen LogP contribution in [0.4, 0.5) is 0 Å². The molecule has 0 atom stereocenters. The van der Waals surface area contributed by atoms with Crippen molar-refractivity contribution in [1.29, 1.82) is 0 Å². The molecule has 2 amide bonds. The topological polar surface area (TPSA) is 83.6 Å². The summed E-state index contributed by atoms with van der Waals surface area (Å²) in [6, 6.07) is 6.51. The molecule has 120 valence electrons. The number of hydrogen-bond donors (Lipinski definition) is 1. The largest absolute Gasteiger partial charge is 0.273 e. The van der Waals surface area contributed by atoms with Crippen molar-refractivity contribution < 1.29 is 18.0 Å². The average molecular weight is 324 g/mol. The molecule has 0 unspecified atom stereocenters. The Morgan fingerprint density at radius 2 is 1.64 bits per heavy atom. The number of nitrogens with one attached hydrogen (secondary N) is 1. The molecule has 1 aromatic rings. The molecule has 6 nitrogen and oxygen atoms in total. The summed E-state index contributed by atoms with van der Waals surface area (Å²) in [6.07, 6.45) is 2.75. The van der Waals surface area contributed by atoms with E-state index in [0.29, 0.717) is 17.7 Å². The third kappa shape index (κ3) is 3.72. The Bertz CT molecular complexity index is 635. The second kappa shape index (κ2) is 7.02. The summed E-state index contributed by atoms with van der Waals surface area (Å²) in [5.41, 5.74) is 0.668. The minimum Gasteiger partial charge on any atom is -0.273 e. The number of imide groups is 1. The van der Waals surface area contributed by atoms with Crippen LogP contribution in [0.15, 0.2) is 24.3 Å². The van der Waals surface area contributed by atoms with Gasteiger partial charge < -0.3 is 0 Å². The van der Waals surface area contributed by atoms with E-state index in [-0.39, 0.29) is 12.3 Å². The van der Waals surface area contributed by atoms with Crippen molar-refractivity contribution in [2.75, 3.05) is 18.8 Å². The van der Waals surface area contributed by atoms with E-state index in [1.165, 1.54) is 0 Å². The molecule has 1 N–H and O–H groups in total. The molecule has 0 fully saturated rings. The predicted molar refractivity (Wildman–Crippen MR) is 83.1 cm³/mol. The number of fused-ring (bicyclic) bond motifs is 1. The molecule has 2 rings (SSSR count). The summed E-state index contributed by atoms with van der Waals surface area (Å²) in [5, 5.41) is 0. The van der Waals surface area contributed by atoms with Gasteiger partial charge in [-0.05, 0) is 18.6 Å². The van der Waals surface area contributed by atoms with Crippen LogP contribution in [0.3, 0.4) is 0 Å². The molecular formula is C15H20N2O4S. The summed E-state index contributed by atoms with van der Waals surface area (Å²) in [4.78, 5) is 25.2. The van der Waals surface area contributed by atoms with Gasteiger partial charge in [-0.25, -0.2) is 13.1 Å². The van der Waals surface area contributed by atoms with Gasteiger partial charge in [0, 0.05) is 13.1 Å². The summed E-state index contributed by atoms with van der Waals surface area (Å²) < 4.78 is 26.2. The maximum atomic E-state index is 12.1. The number of hydrogen-bond acceptors (Lipinski definition) is 4. The highest BCUT2D eigenvalue weighted by Gasteiger charge is 2.35. The third-order valence-electron chi connectivity index (χ3n) is 3.56. The van der Waals surface area contributed by atoms with Gasteiger partial charge in [0.2, 0.25) is 10.0 Å². The minimum absolute atomic E-state index is 0.130. The van der Waals surface area contributed by atoms with Crippen LogP contribution in [0.1, 0.15) is 46.9 Å². The highest BCUT2D eigenvalue weighted by atomic mass is 32.2. The number of benzene rings is 1. The smallest absolute Gasteiger partial charge is 0.261 e. The monoisotopic (exact) mass is 324 g/mol. The first-order chi connectivity index (χ1) is 10.5. The second-order valence-corrected chi connectivity index (χ2v) is 7.15. The molecule has 0 aromatic heterocycles. The summed E-state index contributed by atoms with van der Waals surface area (Å²) in [7, 11) is -3.48. The Hall–Kier alpha value is -1.73. The van der Waals surface area contributed by atoms with Crippen LogP contribution in [0.5, 0.6) is 0 Å². The van der Waals surface area contributed by atoms with E-state index in [9.17, 15) is 18.0 Å². The number of unbranched alkanes of at least 4 members (excludes halogenated alkanes) is 2. The van der Waals surface area contributed by atoms with Crippen LogP contribution in [0, 0.1) is 0 Å². The average Bonchev–Trinajstić information content (AvgIpc) is 2.74. The fraction of sp³-hybridized carbons (Fsp3) is 0.467. The number of amides is 2. The molecule has 0 aliphatic carbocycles. The Morgan fingerprint density at radius 3 is 2.18 bits per heavy atom. The molecular weight excluding hydrogens is 304 g/mol. The zero-order valence-electron chi connectivity index (χ0n) is 12.5. The van der Waals surface area contributed by atoms with Crippen molar-refractivity contribution in [3.8, 4) is 0 Å². The molecule has 0 saturated carbocycles. The molecule has 22 heavy (non-hydrogen) atoms. The maximum Gasteiger partial charge on any atom is 0.261 e. The summed E-state index contributed by atoms with van der Waals surface area (Å²) in [5.74, 6) is -1.13. The van der Waals surface area contributed by atoms with Crippen LogP contribution >= 0.6 is 0 Å². The Labute approximate surface area is 130 Å². The molecule has 1 aliphatic rings. The Morgan fingerprint density at radius 1 is 1.05 bits per heavy atom. The van der Waals surface area contributed by atoms with E-state index >= 15 is 0 Å². The van der Waals surface area contributed by atoms with E-state index < -0.39 is 21.8 Å². The summed E-state index contributed by atoms with van der Waals surface area (Å²) in [6.45, 7) is 2.30. The first-order valence-corrected chi connectivity index (χ1v) is 9.04. The minimum atomic E-state index is -3.48. The molecule has 1 aromatic carbocycles. The molecule has 1 aliphatic heterocycles. The third-order valence-corrected chi connectivity index (χ3v) is 4.93. The van der Waals surface area contributed by atoms with Crippen molar-refractivity contribution >= 4 is 21.8 Å². The van der Waals surface area contributed by atoms with Gasteiger partial charge in [0.1, 0.15) is 0 Å². The zero-order chi connectivity index (χ0) is 16.2. The highest BCUT2D eigenvalue weighted by molar-refractivity contribution is 7.89. The van der Waals surface area contributed by atoms with Gasteiger partial charge in [-0.15, -0.1) is 0 Å². The van der Waals surface area contributed by atoms with E-state index in [1.807, 2.05) is 6.92 Å². The van der Waals surface area contributed by atoms with Gasteiger partial charge in [-0.3, -0.25) is 14.5 Å². The SMILES string of the molecule is CCCCCNS(=O)(=O)CCN1C(=O)c2ccccc2C1=O. The quantitative estimate of drug-likeness (QED) is 0.578. The number of carbonyl (C=O) groups excluding carboxylic acids is 2. The van der Waals surface area contributed by atoms with Gasteiger partial charge in [0.25, 0.3) is 11.8 Å². The van der Waals surface area contributed by atoms with Crippen molar-refractivity contribution in [3.63, 3.8) is 0 Å². The van der Waals surface area contributed by atoms with Gasteiger partial charge >= 0.3 is 0 Å². The van der Waals surface area contributed by atoms with E-state index in [2.05, 4.69) is 4.72 Å². The molecule has 1 heterocycles. The Balaban J connectivity index is 1.93. The van der Waals surface area contributed by atoms with Crippen molar-refractivity contribution in [2.24, 2.45) is 0 Å².